The fourth-order valence-electron chi connectivity index (χ4n) is 5.27. The van der Waals surface area contributed by atoms with Crippen LogP contribution in [0.4, 0.5) is 5.82 Å². The van der Waals surface area contributed by atoms with Crippen LogP contribution in [-0.4, -0.2) is 66.0 Å². The molecule has 3 aliphatic rings. The van der Waals surface area contributed by atoms with E-state index >= 15 is 0 Å². The van der Waals surface area contributed by atoms with Crippen molar-refractivity contribution >= 4 is 11.7 Å². The molecule has 3 aliphatic heterocycles. The van der Waals surface area contributed by atoms with Gasteiger partial charge in [-0.25, -0.2) is 4.98 Å². The minimum absolute atomic E-state index is 0.150. The molecule has 1 aromatic heterocycles. The van der Waals surface area contributed by atoms with E-state index in [0.29, 0.717) is 6.04 Å². The molecule has 154 valence electrons. The lowest BCUT2D eigenvalue weighted by Crippen LogP contribution is -2.49. The highest BCUT2D eigenvalue weighted by Gasteiger charge is 2.29. The molecule has 0 aromatic carbocycles. The van der Waals surface area contributed by atoms with E-state index in [-0.39, 0.29) is 5.91 Å². The Kier molecular flexibility index (Phi) is 6.19. The van der Waals surface area contributed by atoms with Crippen LogP contribution in [0, 0.1) is 11.8 Å². The number of hydrogen-bond donors (Lipinski definition) is 0. The molecule has 2 atom stereocenters. The molecule has 2 unspecified atom stereocenters. The second-order valence-corrected chi connectivity index (χ2v) is 9.36. The van der Waals surface area contributed by atoms with Crippen LogP contribution in [0.5, 0.6) is 0 Å². The Labute approximate surface area is 170 Å². The predicted molar refractivity (Wildman–Crippen MR) is 114 cm³/mol. The first-order chi connectivity index (χ1) is 13.6. The maximum atomic E-state index is 12.9. The number of carbonyl (C=O) groups excluding carboxylic acids is 1. The normalized spacial score (nSPS) is 27.8. The number of nitrogens with zero attached hydrogens (tertiary/aromatic N) is 4. The van der Waals surface area contributed by atoms with Gasteiger partial charge in [0.15, 0.2) is 0 Å². The van der Waals surface area contributed by atoms with Crippen LogP contribution < -0.4 is 4.90 Å². The maximum Gasteiger partial charge on any atom is 0.255 e. The molecule has 28 heavy (non-hydrogen) atoms. The Morgan fingerprint density at radius 1 is 0.929 bits per heavy atom. The molecule has 1 amide bonds. The van der Waals surface area contributed by atoms with E-state index in [1.54, 1.807) is 6.20 Å². The summed E-state index contributed by atoms with van der Waals surface area (Å²) in [6.45, 7) is 11.0. The van der Waals surface area contributed by atoms with Crippen molar-refractivity contribution in [3.8, 4) is 0 Å². The molecule has 1 aromatic rings. The molecular weight excluding hydrogens is 348 g/mol. The fraction of sp³-hybridized carbons (Fsp3) is 0.739. The van der Waals surface area contributed by atoms with Gasteiger partial charge in [0.05, 0.1) is 5.56 Å². The predicted octanol–water partition coefficient (Wildman–Crippen LogP) is 3.65. The first kappa shape index (κ1) is 19.7. The van der Waals surface area contributed by atoms with Gasteiger partial charge in [0.2, 0.25) is 0 Å². The average molecular weight is 385 g/mol. The summed E-state index contributed by atoms with van der Waals surface area (Å²) in [6, 6.07) is 4.67. The Bertz CT molecular complexity index is 653. The summed E-state index contributed by atoms with van der Waals surface area (Å²) in [4.78, 5) is 24.6. The Morgan fingerprint density at radius 2 is 1.64 bits per heavy atom. The molecule has 3 saturated heterocycles. The zero-order chi connectivity index (χ0) is 19.5. The molecule has 0 bridgehead atoms. The van der Waals surface area contributed by atoms with E-state index < -0.39 is 0 Å². The topological polar surface area (TPSA) is 39.7 Å². The smallest absolute Gasteiger partial charge is 0.255 e. The highest BCUT2D eigenvalue weighted by atomic mass is 16.2. The third-order valence-electron chi connectivity index (χ3n) is 6.93. The SMILES string of the molecule is CC1CCCN(c2ccc(C(=O)N3CCC(N4CCCC(C)C4)CC3)cn2)C1. The van der Waals surface area contributed by atoms with Crippen molar-refractivity contribution in [2.45, 2.75) is 58.4 Å². The van der Waals surface area contributed by atoms with Gasteiger partial charge in [0.1, 0.15) is 5.82 Å². The Balaban J connectivity index is 1.31. The van der Waals surface area contributed by atoms with Crippen LogP contribution in [0.3, 0.4) is 0 Å². The van der Waals surface area contributed by atoms with Crippen LogP contribution in [0.1, 0.15) is 62.7 Å². The summed E-state index contributed by atoms with van der Waals surface area (Å²) in [5.41, 5.74) is 0.735. The lowest BCUT2D eigenvalue weighted by Gasteiger charge is -2.41. The zero-order valence-corrected chi connectivity index (χ0v) is 17.6. The molecule has 5 nitrogen and oxygen atoms in total. The van der Waals surface area contributed by atoms with Gasteiger partial charge < -0.3 is 9.80 Å². The van der Waals surface area contributed by atoms with Crippen molar-refractivity contribution in [1.29, 1.82) is 0 Å². The van der Waals surface area contributed by atoms with Gasteiger partial charge in [-0.05, 0) is 69.0 Å². The Hall–Kier alpha value is -1.62. The highest BCUT2D eigenvalue weighted by Crippen LogP contribution is 2.25. The van der Waals surface area contributed by atoms with Crippen molar-refractivity contribution in [3.05, 3.63) is 23.9 Å². The number of likely N-dealkylation sites (tertiary alicyclic amines) is 2. The van der Waals surface area contributed by atoms with E-state index in [1.165, 1.54) is 38.8 Å². The molecule has 0 spiro atoms. The monoisotopic (exact) mass is 384 g/mol. The summed E-state index contributed by atoms with van der Waals surface area (Å²) >= 11 is 0. The molecule has 5 heteroatoms. The highest BCUT2D eigenvalue weighted by molar-refractivity contribution is 5.94. The first-order valence-electron chi connectivity index (χ1n) is 11.3. The number of hydrogen-bond acceptors (Lipinski definition) is 4. The molecule has 4 heterocycles. The molecular formula is C23H36N4O. The van der Waals surface area contributed by atoms with E-state index in [0.717, 1.165) is 62.2 Å². The van der Waals surface area contributed by atoms with E-state index in [4.69, 9.17) is 0 Å². The van der Waals surface area contributed by atoms with Gasteiger partial charge in [0, 0.05) is 45.0 Å². The number of carbonyl (C=O) groups is 1. The first-order valence-corrected chi connectivity index (χ1v) is 11.3. The molecule has 0 N–H and O–H groups in total. The lowest BCUT2D eigenvalue weighted by atomic mass is 9.95. The number of aromatic nitrogens is 1. The van der Waals surface area contributed by atoms with Crippen LogP contribution in [0.2, 0.25) is 0 Å². The third-order valence-corrected chi connectivity index (χ3v) is 6.93. The van der Waals surface area contributed by atoms with Gasteiger partial charge in [-0.15, -0.1) is 0 Å². The van der Waals surface area contributed by atoms with Crippen molar-refractivity contribution in [3.63, 3.8) is 0 Å². The summed E-state index contributed by atoms with van der Waals surface area (Å²) < 4.78 is 0. The number of rotatable bonds is 3. The minimum atomic E-state index is 0.150. The van der Waals surface area contributed by atoms with Crippen LogP contribution >= 0.6 is 0 Å². The summed E-state index contributed by atoms with van der Waals surface area (Å²) in [5.74, 6) is 2.71. The minimum Gasteiger partial charge on any atom is -0.356 e. The molecule has 0 radical (unpaired) electrons. The number of amides is 1. The Morgan fingerprint density at radius 3 is 2.29 bits per heavy atom. The van der Waals surface area contributed by atoms with Gasteiger partial charge >= 0.3 is 0 Å². The van der Waals surface area contributed by atoms with E-state index in [1.807, 2.05) is 17.0 Å². The molecule has 3 fully saturated rings. The lowest BCUT2D eigenvalue weighted by molar-refractivity contribution is 0.0541. The quantitative estimate of drug-likeness (QED) is 0.797. The van der Waals surface area contributed by atoms with Gasteiger partial charge in [-0.2, -0.15) is 0 Å². The number of pyridine rings is 1. The summed E-state index contributed by atoms with van der Waals surface area (Å²) in [7, 11) is 0. The fourth-order valence-corrected chi connectivity index (χ4v) is 5.27. The van der Waals surface area contributed by atoms with Crippen LogP contribution in [-0.2, 0) is 0 Å². The zero-order valence-electron chi connectivity index (χ0n) is 17.6. The molecule has 0 aliphatic carbocycles. The van der Waals surface area contributed by atoms with Crippen LogP contribution in [0.25, 0.3) is 0 Å². The largest absolute Gasteiger partial charge is 0.356 e. The maximum absolute atomic E-state index is 12.9. The number of anilines is 1. The van der Waals surface area contributed by atoms with Gasteiger partial charge in [0.25, 0.3) is 5.91 Å². The van der Waals surface area contributed by atoms with E-state index in [2.05, 4.69) is 28.6 Å². The standard InChI is InChI=1S/C23H36N4O/c1-18-5-3-11-26(16-18)21-9-13-25(14-10-21)23(28)20-7-8-22(24-15-20)27-12-4-6-19(2)17-27/h7-8,15,18-19,21H,3-6,9-14,16-17H2,1-2H3. The average Bonchev–Trinajstić information content (AvgIpc) is 2.73. The summed E-state index contributed by atoms with van der Waals surface area (Å²) in [5, 5.41) is 0. The van der Waals surface area contributed by atoms with E-state index in [9.17, 15) is 4.79 Å². The second-order valence-electron chi connectivity index (χ2n) is 9.36. The van der Waals surface area contributed by atoms with Gasteiger partial charge in [-0.3, -0.25) is 9.69 Å². The van der Waals surface area contributed by atoms with Gasteiger partial charge in [-0.1, -0.05) is 13.8 Å². The molecule has 0 saturated carbocycles. The van der Waals surface area contributed by atoms with Crippen LogP contribution in [0.15, 0.2) is 18.3 Å². The van der Waals surface area contributed by atoms with Crippen molar-refractivity contribution in [2.75, 3.05) is 44.2 Å². The summed E-state index contributed by atoms with van der Waals surface area (Å²) in [6.07, 6.45) is 9.23. The van der Waals surface area contributed by atoms with Crippen molar-refractivity contribution in [2.24, 2.45) is 11.8 Å². The number of piperidine rings is 3. The molecule has 4 rings (SSSR count). The van der Waals surface area contributed by atoms with Crippen molar-refractivity contribution < 1.29 is 4.79 Å². The van der Waals surface area contributed by atoms with Crippen molar-refractivity contribution in [1.82, 2.24) is 14.8 Å². The second kappa shape index (κ2) is 8.81. The third kappa shape index (κ3) is 4.51.